The molecule has 2 saturated carbocycles. The standard InChI is InChI=1S/C20H26O3S/c1-19-8-6-16-15-5-3-14(21)12-13(15)2-4-17(16)18(19)7-9-20(19)10-11-24(22)23-20/h12,17-18H,2-11H2,1H3/t17?,18?,19?,20-,24?/m1/s1. The van der Waals surface area contributed by atoms with Crippen LogP contribution >= 0.6 is 0 Å². The number of allylic oxidation sites excluding steroid dienone is 4. The maximum atomic E-state index is 12.0. The molecule has 1 heterocycles. The molecular formula is C20H26O3S. The van der Waals surface area contributed by atoms with Gasteiger partial charge in [0.25, 0.3) is 0 Å². The van der Waals surface area contributed by atoms with Gasteiger partial charge in [-0.1, -0.05) is 12.5 Å². The van der Waals surface area contributed by atoms with E-state index in [4.69, 9.17) is 4.18 Å². The van der Waals surface area contributed by atoms with Crippen molar-refractivity contribution in [2.75, 3.05) is 5.75 Å². The van der Waals surface area contributed by atoms with Gasteiger partial charge in [0.15, 0.2) is 16.9 Å². The van der Waals surface area contributed by atoms with Crippen molar-refractivity contribution in [1.82, 2.24) is 0 Å². The maximum Gasteiger partial charge on any atom is 0.156 e. The van der Waals surface area contributed by atoms with Gasteiger partial charge in [0, 0.05) is 11.8 Å². The van der Waals surface area contributed by atoms with Gasteiger partial charge >= 0.3 is 0 Å². The lowest BCUT2D eigenvalue weighted by Gasteiger charge is -2.51. The van der Waals surface area contributed by atoms with Gasteiger partial charge in [-0.15, -0.1) is 0 Å². The molecule has 5 aliphatic rings. The van der Waals surface area contributed by atoms with Gasteiger partial charge in [-0.05, 0) is 80.4 Å². The molecule has 0 N–H and O–H groups in total. The van der Waals surface area contributed by atoms with Crippen molar-refractivity contribution < 1.29 is 13.2 Å². The van der Waals surface area contributed by atoms with Crippen LogP contribution in [0.3, 0.4) is 0 Å². The normalized spacial score (nSPS) is 47.5. The summed E-state index contributed by atoms with van der Waals surface area (Å²) in [5.41, 5.74) is 4.59. The molecule has 3 nitrogen and oxygen atoms in total. The van der Waals surface area contributed by atoms with Crippen LogP contribution in [-0.2, 0) is 20.1 Å². The van der Waals surface area contributed by atoms with E-state index in [1.54, 1.807) is 5.57 Å². The first-order chi connectivity index (χ1) is 11.5. The first-order valence-electron chi connectivity index (χ1n) is 9.56. The average Bonchev–Trinajstić information content (AvgIpc) is 3.08. The maximum absolute atomic E-state index is 12.0. The van der Waals surface area contributed by atoms with Crippen molar-refractivity contribution in [2.45, 2.75) is 70.3 Å². The van der Waals surface area contributed by atoms with Crippen LogP contribution in [0, 0.1) is 17.3 Å². The predicted octanol–water partition coefficient (Wildman–Crippen LogP) is 4.02. The molecule has 0 amide bonds. The van der Waals surface area contributed by atoms with Crippen LogP contribution in [0.5, 0.6) is 0 Å². The van der Waals surface area contributed by atoms with Gasteiger partial charge in [-0.25, -0.2) is 4.21 Å². The Kier molecular flexibility index (Phi) is 3.32. The Balaban J connectivity index is 1.53. The summed E-state index contributed by atoms with van der Waals surface area (Å²) in [5, 5.41) is 0. The second-order valence-corrected chi connectivity index (χ2v) is 9.87. The Morgan fingerprint density at radius 3 is 2.79 bits per heavy atom. The second kappa shape index (κ2) is 5.14. The van der Waals surface area contributed by atoms with Gasteiger partial charge in [-0.2, -0.15) is 0 Å². The third kappa shape index (κ3) is 1.93. The average molecular weight is 346 g/mol. The summed E-state index contributed by atoms with van der Waals surface area (Å²) in [7, 11) is 0. The number of carbonyl (C=O) groups is 1. The van der Waals surface area contributed by atoms with Gasteiger partial charge < -0.3 is 0 Å². The summed E-state index contributed by atoms with van der Waals surface area (Å²) in [4.78, 5) is 11.8. The number of fused-ring (bicyclic) bond motifs is 5. The highest BCUT2D eigenvalue weighted by atomic mass is 32.2. The highest BCUT2D eigenvalue weighted by Crippen LogP contribution is 2.66. The summed E-state index contributed by atoms with van der Waals surface area (Å²) in [5.74, 6) is 2.37. The smallest absolute Gasteiger partial charge is 0.156 e. The lowest BCUT2D eigenvalue weighted by Crippen LogP contribution is -2.49. The fourth-order valence-corrected chi connectivity index (χ4v) is 7.97. The van der Waals surface area contributed by atoms with Crippen molar-refractivity contribution >= 4 is 16.9 Å². The van der Waals surface area contributed by atoms with E-state index in [9.17, 15) is 9.00 Å². The summed E-state index contributed by atoms with van der Waals surface area (Å²) >= 11 is -1.07. The fraction of sp³-hybridized carbons (Fsp3) is 0.750. The Morgan fingerprint density at radius 2 is 2.00 bits per heavy atom. The van der Waals surface area contributed by atoms with Gasteiger partial charge in [0.05, 0.1) is 11.4 Å². The number of ketones is 1. The first-order valence-corrected chi connectivity index (χ1v) is 10.8. The molecule has 5 atom stereocenters. The molecule has 3 fully saturated rings. The molecule has 0 aromatic rings. The lowest BCUT2D eigenvalue weighted by atomic mass is 9.54. The third-order valence-electron chi connectivity index (χ3n) is 7.95. The van der Waals surface area contributed by atoms with Crippen LogP contribution in [0.25, 0.3) is 0 Å². The molecule has 0 aromatic carbocycles. The summed E-state index contributed by atoms with van der Waals surface area (Å²) in [6, 6.07) is 0. The fourth-order valence-electron chi connectivity index (χ4n) is 6.68. The van der Waals surface area contributed by atoms with Crippen LogP contribution in [0.4, 0.5) is 0 Å². The van der Waals surface area contributed by atoms with E-state index in [-0.39, 0.29) is 11.0 Å². The predicted molar refractivity (Wildman–Crippen MR) is 93.6 cm³/mol. The molecule has 4 unspecified atom stereocenters. The molecule has 1 spiro atoms. The topological polar surface area (TPSA) is 43.4 Å². The molecular weight excluding hydrogens is 320 g/mol. The van der Waals surface area contributed by atoms with E-state index in [0.29, 0.717) is 24.0 Å². The van der Waals surface area contributed by atoms with Crippen LogP contribution in [0.2, 0.25) is 0 Å². The largest absolute Gasteiger partial charge is 0.295 e. The minimum absolute atomic E-state index is 0.128. The third-order valence-corrected chi connectivity index (χ3v) is 8.99. The zero-order valence-corrected chi connectivity index (χ0v) is 15.3. The van der Waals surface area contributed by atoms with Gasteiger partial charge in [0.1, 0.15) is 0 Å². The number of rotatable bonds is 0. The minimum Gasteiger partial charge on any atom is -0.295 e. The number of hydrogen-bond acceptors (Lipinski definition) is 3. The molecule has 4 aliphatic carbocycles. The highest BCUT2D eigenvalue weighted by molar-refractivity contribution is 7.80. The van der Waals surface area contributed by atoms with E-state index >= 15 is 0 Å². The van der Waals surface area contributed by atoms with Gasteiger partial charge in [-0.3, -0.25) is 8.98 Å². The Hall–Kier alpha value is -0.740. The Bertz CT molecular complexity index is 706. The van der Waals surface area contributed by atoms with E-state index in [1.165, 1.54) is 24.0 Å². The lowest BCUT2D eigenvalue weighted by molar-refractivity contribution is -0.114. The highest BCUT2D eigenvalue weighted by Gasteiger charge is 2.64. The van der Waals surface area contributed by atoms with Crippen LogP contribution < -0.4 is 0 Å². The van der Waals surface area contributed by atoms with Crippen molar-refractivity contribution in [3.63, 3.8) is 0 Å². The Morgan fingerprint density at radius 1 is 1.12 bits per heavy atom. The summed E-state index contributed by atoms with van der Waals surface area (Å²) in [6.07, 6.45) is 11.4. The number of hydrogen-bond donors (Lipinski definition) is 0. The molecule has 1 aliphatic heterocycles. The van der Waals surface area contributed by atoms with Crippen molar-refractivity contribution in [3.05, 3.63) is 22.8 Å². The molecule has 0 radical (unpaired) electrons. The Labute approximate surface area is 146 Å². The van der Waals surface area contributed by atoms with Gasteiger partial charge in [0.2, 0.25) is 0 Å². The van der Waals surface area contributed by atoms with E-state index in [0.717, 1.165) is 44.3 Å². The molecule has 0 bridgehead atoms. The van der Waals surface area contributed by atoms with Crippen molar-refractivity contribution in [2.24, 2.45) is 17.3 Å². The van der Waals surface area contributed by atoms with Crippen LogP contribution in [0.1, 0.15) is 64.7 Å². The minimum atomic E-state index is -1.07. The zero-order valence-electron chi connectivity index (χ0n) is 14.4. The van der Waals surface area contributed by atoms with Crippen LogP contribution in [-0.4, -0.2) is 21.3 Å². The first kappa shape index (κ1) is 15.5. The van der Waals surface area contributed by atoms with E-state index < -0.39 is 11.1 Å². The van der Waals surface area contributed by atoms with E-state index in [2.05, 4.69) is 6.92 Å². The van der Waals surface area contributed by atoms with E-state index in [1.807, 2.05) is 6.08 Å². The summed E-state index contributed by atoms with van der Waals surface area (Å²) in [6.45, 7) is 2.42. The second-order valence-electron chi connectivity index (χ2n) is 8.68. The summed E-state index contributed by atoms with van der Waals surface area (Å²) < 4.78 is 18.0. The van der Waals surface area contributed by atoms with Crippen LogP contribution in [0.15, 0.2) is 22.8 Å². The molecule has 0 aromatic heterocycles. The monoisotopic (exact) mass is 346 g/mol. The molecule has 5 rings (SSSR count). The number of carbonyl (C=O) groups excluding carboxylic acids is 1. The van der Waals surface area contributed by atoms with Crippen molar-refractivity contribution in [3.8, 4) is 0 Å². The SMILES string of the molecule is CC12CCC3=C4CCC(=O)C=C4CCC3C1CC[C@@]21CCS(=O)O1. The molecule has 1 saturated heterocycles. The molecule has 130 valence electrons. The quantitative estimate of drug-likeness (QED) is 0.665. The van der Waals surface area contributed by atoms with Crippen molar-refractivity contribution in [1.29, 1.82) is 0 Å². The molecule has 4 heteroatoms. The zero-order chi connectivity index (χ0) is 16.5. The molecule has 24 heavy (non-hydrogen) atoms.